The first-order valence-corrected chi connectivity index (χ1v) is 8.25. The summed E-state index contributed by atoms with van der Waals surface area (Å²) < 4.78 is 27.5. The van der Waals surface area contributed by atoms with E-state index in [4.69, 9.17) is 0 Å². The van der Waals surface area contributed by atoms with Gasteiger partial charge in [0.25, 0.3) is 10.0 Å². The lowest BCUT2D eigenvalue weighted by molar-refractivity contribution is 0.603. The summed E-state index contributed by atoms with van der Waals surface area (Å²) in [6, 6.07) is 3.22. The van der Waals surface area contributed by atoms with Gasteiger partial charge in [0.15, 0.2) is 0 Å². The molecule has 2 aromatic heterocycles. The zero-order valence-electron chi connectivity index (χ0n) is 10.2. The SMILES string of the molecule is CN(C)c1ncc(NS(=O)(=O)c2ccc(Br)s2)cn1. The Morgan fingerprint density at radius 3 is 2.37 bits per heavy atom. The molecule has 0 spiro atoms. The summed E-state index contributed by atoms with van der Waals surface area (Å²) in [4.78, 5) is 9.82. The monoisotopic (exact) mass is 362 g/mol. The van der Waals surface area contributed by atoms with Crippen LogP contribution in [0.3, 0.4) is 0 Å². The number of sulfonamides is 1. The van der Waals surface area contributed by atoms with Crippen molar-refractivity contribution in [3.8, 4) is 0 Å². The molecular weight excluding hydrogens is 352 g/mol. The third-order valence-electron chi connectivity index (χ3n) is 2.10. The second kappa shape index (κ2) is 5.43. The van der Waals surface area contributed by atoms with E-state index in [0.717, 1.165) is 15.1 Å². The second-order valence-electron chi connectivity index (χ2n) is 3.83. The zero-order valence-corrected chi connectivity index (χ0v) is 13.4. The maximum atomic E-state index is 12.0. The minimum atomic E-state index is -3.58. The molecule has 9 heteroatoms. The summed E-state index contributed by atoms with van der Waals surface area (Å²) in [6.45, 7) is 0. The molecule has 19 heavy (non-hydrogen) atoms. The number of aromatic nitrogens is 2. The van der Waals surface area contributed by atoms with E-state index in [9.17, 15) is 8.42 Å². The highest BCUT2D eigenvalue weighted by Gasteiger charge is 2.17. The molecule has 2 heterocycles. The smallest absolute Gasteiger partial charge is 0.271 e. The maximum absolute atomic E-state index is 12.0. The van der Waals surface area contributed by atoms with Gasteiger partial charge in [-0.25, -0.2) is 18.4 Å². The normalized spacial score (nSPS) is 11.3. The van der Waals surface area contributed by atoms with Gasteiger partial charge in [-0.05, 0) is 28.1 Å². The summed E-state index contributed by atoms with van der Waals surface area (Å²) in [5.74, 6) is 0.516. The lowest BCUT2D eigenvalue weighted by Crippen LogP contribution is -2.15. The van der Waals surface area contributed by atoms with Crippen molar-refractivity contribution >= 4 is 48.9 Å². The van der Waals surface area contributed by atoms with Gasteiger partial charge < -0.3 is 4.90 Å². The number of rotatable bonds is 4. The summed E-state index contributed by atoms with van der Waals surface area (Å²) in [5, 5.41) is 0. The molecule has 2 aromatic rings. The van der Waals surface area contributed by atoms with Crippen LogP contribution in [0.1, 0.15) is 0 Å². The molecule has 0 aliphatic heterocycles. The minimum absolute atomic E-state index is 0.232. The Balaban J connectivity index is 2.21. The average molecular weight is 363 g/mol. The summed E-state index contributed by atoms with van der Waals surface area (Å²) >= 11 is 4.37. The Hall–Kier alpha value is -1.19. The molecule has 2 rings (SSSR count). The third-order valence-corrected chi connectivity index (χ3v) is 5.60. The summed E-state index contributed by atoms with van der Waals surface area (Å²) in [7, 11) is 0.0351. The van der Waals surface area contributed by atoms with Crippen LogP contribution in [0.15, 0.2) is 32.5 Å². The molecule has 0 bridgehead atoms. The molecule has 0 amide bonds. The Labute approximate surface area is 123 Å². The van der Waals surface area contributed by atoms with Gasteiger partial charge in [0.05, 0.1) is 21.9 Å². The molecule has 1 N–H and O–H groups in total. The van der Waals surface area contributed by atoms with Crippen LogP contribution in [-0.4, -0.2) is 32.5 Å². The summed E-state index contributed by atoms with van der Waals surface area (Å²) in [6.07, 6.45) is 2.87. The molecule has 0 atom stereocenters. The van der Waals surface area contributed by atoms with Crippen molar-refractivity contribution in [2.75, 3.05) is 23.7 Å². The maximum Gasteiger partial charge on any atom is 0.271 e. The molecule has 102 valence electrons. The standard InChI is InChI=1S/C10H11BrN4O2S2/c1-15(2)10-12-5-7(6-13-10)14-19(16,17)9-4-3-8(11)18-9/h3-6,14H,1-2H3. The quantitative estimate of drug-likeness (QED) is 0.901. The lowest BCUT2D eigenvalue weighted by atomic mass is 10.6. The number of hydrogen-bond donors (Lipinski definition) is 1. The number of anilines is 2. The van der Waals surface area contributed by atoms with E-state index < -0.39 is 10.0 Å². The summed E-state index contributed by atoms with van der Waals surface area (Å²) in [5.41, 5.74) is 0.329. The molecule has 0 aliphatic rings. The fourth-order valence-electron chi connectivity index (χ4n) is 1.25. The molecular formula is C10H11BrN4O2S2. The van der Waals surface area contributed by atoms with Crippen LogP contribution in [0.25, 0.3) is 0 Å². The van der Waals surface area contributed by atoms with E-state index in [2.05, 4.69) is 30.6 Å². The van der Waals surface area contributed by atoms with Gasteiger partial charge in [0, 0.05) is 14.1 Å². The van der Waals surface area contributed by atoms with Crippen molar-refractivity contribution in [2.45, 2.75) is 4.21 Å². The Bertz CT molecular complexity index is 667. The van der Waals surface area contributed by atoms with Crippen LogP contribution in [0.5, 0.6) is 0 Å². The first-order chi connectivity index (χ1) is 8.88. The highest BCUT2D eigenvalue weighted by molar-refractivity contribution is 9.11. The lowest BCUT2D eigenvalue weighted by Gasteiger charge is -2.10. The predicted octanol–water partition coefficient (Wildman–Crippen LogP) is 2.17. The molecule has 0 aromatic carbocycles. The Morgan fingerprint density at radius 2 is 1.89 bits per heavy atom. The number of nitrogens with one attached hydrogen (secondary N) is 1. The predicted molar refractivity (Wildman–Crippen MR) is 79.2 cm³/mol. The Morgan fingerprint density at radius 1 is 1.26 bits per heavy atom. The first kappa shape index (κ1) is 14.2. The number of halogens is 1. The van der Waals surface area contributed by atoms with E-state index in [-0.39, 0.29) is 4.21 Å². The van der Waals surface area contributed by atoms with Gasteiger partial charge in [-0.3, -0.25) is 4.72 Å². The van der Waals surface area contributed by atoms with Crippen LogP contribution in [0.2, 0.25) is 0 Å². The third kappa shape index (κ3) is 3.43. The van der Waals surface area contributed by atoms with Gasteiger partial charge in [-0.15, -0.1) is 11.3 Å². The van der Waals surface area contributed by atoms with Crippen molar-refractivity contribution in [3.63, 3.8) is 0 Å². The zero-order chi connectivity index (χ0) is 14.0. The van der Waals surface area contributed by atoms with Crippen LogP contribution < -0.4 is 9.62 Å². The van der Waals surface area contributed by atoms with Crippen LogP contribution in [0, 0.1) is 0 Å². The van der Waals surface area contributed by atoms with Crippen molar-refractivity contribution < 1.29 is 8.42 Å². The highest BCUT2D eigenvalue weighted by Crippen LogP contribution is 2.27. The fraction of sp³-hybridized carbons (Fsp3) is 0.200. The van der Waals surface area contributed by atoms with Gasteiger partial charge in [0.2, 0.25) is 5.95 Å². The Kier molecular flexibility index (Phi) is 4.07. The number of nitrogens with zero attached hydrogens (tertiary/aromatic N) is 3. The van der Waals surface area contributed by atoms with Crippen molar-refractivity contribution in [3.05, 3.63) is 28.3 Å². The van der Waals surface area contributed by atoms with Gasteiger partial charge in [0.1, 0.15) is 4.21 Å². The number of thiophene rings is 1. The average Bonchev–Trinajstić information content (AvgIpc) is 2.77. The van der Waals surface area contributed by atoms with Crippen LogP contribution in [-0.2, 0) is 10.0 Å². The molecule has 0 radical (unpaired) electrons. The van der Waals surface area contributed by atoms with Crippen LogP contribution >= 0.6 is 27.3 Å². The number of hydrogen-bond acceptors (Lipinski definition) is 6. The largest absolute Gasteiger partial charge is 0.347 e. The van der Waals surface area contributed by atoms with Gasteiger partial charge >= 0.3 is 0 Å². The molecule has 0 unspecified atom stereocenters. The fourth-order valence-corrected chi connectivity index (χ4v) is 4.29. The molecule has 0 saturated heterocycles. The second-order valence-corrected chi connectivity index (χ2v) is 8.20. The van der Waals surface area contributed by atoms with Crippen LogP contribution in [0.4, 0.5) is 11.6 Å². The van der Waals surface area contributed by atoms with Crippen molar-refractivity contribution in [2.24, 2.45) is 0 Å². The van der Waals surface area contributed by atoms with E-state index in [1.54, 1.807) is 11.0 Å². The van der Waals surface area contributed by atoms with E-state index in [1.165, 1.54) is 18.5 Å². The van der Waals surface area contributed by atoms with Gasteiger partial charge in [-0.1, -0.05) is 0 Å². The molecule has 6 nitrogen and oxygen atoms in total. The van der Waals surface area contributed by atoms with E-state index in [0.29, 0.717) is 11.6 Å². The molecule has 0 saturated carbocycles. The highest BCUT2D eigenvalue weighted by atomic mass is 79.9. The molecule has 0 fully saturated rings. The molecule has 0 aliphatic carbocycles. The topological polar surface area (TPSA) is 75.2 Å². The first-order valence-electron chi connectivity index (χ1n) is 5.16. The van der Waals surface area contributed by atoms with Crippen molar-refractivity contribution in [1.82, 2.24) is 9.97 Å². The minimum Gasteiger partial charge on any atom is -0.347 e. The van der Waals surface area contributed by atoms with Crippen molar-refractivity contribution in [1.29, 1.82) is 0 Å². The van der Waals surface area contributed by atoms with Gasteiger partial charge in [-0.2, -0.15) is 0 Å². The van der Waals surface area contributed by atoms with E-state index in [1.807, 2.05) is 14.1 Å². The van der Waals surface area contributed by atoms with E-state index >= 15 is 0 Å².